The van der Waals surface area contributed by atoms with Crippen LogP contribution in [0.2, 0.25) is 0 Å². The number of hydrogen-bond acceptors (Lipinski definition) is 3. The second-order valence-electron chi connectivity index (χ2n) is 4.45. The van der Waals surface area contributed by atoms with E-state index < -0.39 is 7.37 Å². The van der Waals surface area contributed by atoms with E-state index in [-0.39, 0.29) is 0 Å². The first-order chi connectivity index (χ1) is 9.75. The van der Waals surface area contributed by atoms with Gasteiger partial charge in [0.1, 0.15) is 0 Å². The van der Waals surface area contributed by atoms with Gasteiger partial charge in [0.2, 0.25) is 0 Å². The zero-order valence-electron chi connectivity index (χ0n) is 11.1. The molecule has 3 aromatic rings. The minimum atomic E-state index is -3.11. The molecule has 0 bridgehead atoms. The molecule has 0 spiro atoms. The summed E-state index contributed by atoms with van der Waals surface area (Å²) in [5.41, 5.74) is 0. The van der Waals surface area contributed by atoms with Crippen LogP contribution in [0.5, 0.6) is 0 Å². The molecule has 0 saturated carbocycles. The van der Waals surface area contributed by atoms with E-state index in [1.807, 2.05) is 54.6 Å². The molecule has 4 heteroatoms. The van der Waals surface area contributed by atoms with Crippen molar-refractivity contribution in [2.45, 2.75) is 0 Å². The Balaban J connectivity index is 2.30. The van der Waals surface area contributed by atoms with Crippen molar-refractivity contribution in [1.29, 1.82) is 0 Å². The van der Waals surface area contributed by atoms with E-state index in [9.17, 15) is 4.57 Å². The van der Waals surface area contributed by atoms with Gasteiger partial charge in [-0.1, -0.05) is 42.5 Å². The number of aromatic nitrogens is 1. The largest absolute Gasteiger partial charge is 0.325 e. The van der Waals surface area contributed by atoms with Gasteiger partial charge >= 0.3 is 0 Å². The molecule has 0 aliphatic heterocycles. The number of nitrogens with zero attached hydrogens (tertiary/aromatic N) is 1. The van der Waals surface area contributed by atoms with E-state index in [1.54, 1.807) is 12.4 Å². The molecular formula is C16H14NO2P. The Hall–Kier alpha value is -1.96. The van der Waals surface area contributed by atoms with Gasteiger partial charge in [0.25, 0.3) is 7.37 Å². The SMILES string of the molecule is COP(=O)(c1ccccc1)c1cncc2ccccc12. The molecule has 3 nitrogen and oxygen atoms in total. The maximum atomic E-state index is 13.3. The molecular weight excluding hydrogens is 269 g/mol. The summed E-state index contributed by atoms with van der Waals surface area (Å²) in [6, 6.07) is 17.0. The van der Waals surface area contributed by atoms with Crippen molar-refractivity contribution in [2.75, 3.05) is 7.11 Å². The Morgan fingerprint density at radius 1 is 0.950 bits per heavy atom. The monoisotopic (exact) mass is 283 g/mol. The van der Waals surface area contributed by atoms with Crippen LogP contribution in [0.25, 0.3) is 10.8 Å². The first-order valence-corrected chi connectivity index (χ1v) is 7.93. The van der Waals surface area contributed by atoms with Crippen molar-refractivity contribution >= 4 is 28.8 Å². The molecule has 3 rings (SSSR count). The molecule has 0 amide bonds. The lowest BCUT2D eigenvalue weighted by Crippen LogP contribution is -2.18. The molecule has 0 fully saturated rings. The maximum absolute atomic E-state index is 13.3. The van der Waals surface area contributed by atoms with Gasteiger partial charge < -0.3 is 4.52 Å². The molecule has 0 radical (unpaired) electrons. The van der Waals surface area contributed by atoms with Crippen LogP contribution < -0.4 is 10.6 Å². The fourth-order valence-corrected chi connectivity index (χ4v) is 4.29. The van der Waals surface area contributed by atoms with Crippen LogP contribution in [0, 0.1) is 0 Å². The first-order valence-electron chi connectivity index (χ1n) is 6.30. The van der Waals surface area contributed by atoms with Crippen LogP contribution >= 0.6 is 7.37 Å². The van der Waals surface area contributed by atoms with E-state index in [0.29, 0.717) is 10.6 Å². The average molecular weight is 283 g/mol. The summed E-state index contributed by atoms with van der Waals surface area (Å²) in [6.07, 6.45) is 3.41. The summed E-state index contributed by atoms with van der Waals surface area (Å²) in [6.45, 7) is 0. The van der Waals surface area contributed by atoms with E-state index >= 15 is 0 Å². The third kappa shape index (κ3) is 2.05. The second kappa shape index (κ2) is 5.20. The van der Waals surface area contributed by atoms with Crippen molar-refractivity contribution in [3.8, 4) is 0 Å². The Labute approximate surface area is 117 Å². The van der Waals surface area contributed by atoms with Crippen LogP contribution in [0.3, 0.4) is 0 Å². The zero-order valence-corrected chi connectivity index (χ0v) is 12.0. The number of fused-ring (bicyclic) bond motifs is 1. The highest BCUT2D eigenvalue weighted by Crippen LogP contribution is 2.45. The van der Waals surface area contributed by atoms with Crippen LogP contribution in [-0.4, -0.2) is 12.1 Å². The van der Waals surface area contributed by atoms with Crippen LogP contribution in [0.1, 0.15) is 0 Å². The molecule has 20 heavy (non-hydrogen) atoms. The molecule has 0 aliphatic carbocycles. The number of rotatable bonds is 3. The Bertz CT molecular complexity index is 781. The van der Waals surface area contributed by atoms with E-state index in [4.69, 9.17) is 4.52 Å². The summed E-state index contributed by atoms with van der Waals surface area (Å²) in [5, 5.41) is 3.19. The maximum Gasteiger partial charge on any atom is 0.263 e. The molecule has 0 aliphatic rings. The second-order valence-corrected chi connectivity index (χ2v) is 6.92. The highest BCUT2D eigenvalue weighted by molar-refractivity contribution is 7.74. The fraction of sp³-hybridized carbons (Fsp3) is 0.0625. The quantitative estimate of drug-likeness (QED) is 0.693. The first kappa shape index (κ1) is 13.0. The molecule has 0 N–H and O–H groups in total. The van der Waals surface area contributed by atoms with Crippen LogP contribution in [0.4, 0.5) is 0 Å². The minimum Gasteiger partial charge on any atom is -0.325 e. The smallest absolute Gasteiger partial charge is 0.263 e. The molecule has 1 heterocycles. The summed E-state index contributed by atoms with van der Waals surface area (Å²) >= 11 is 0. The number of benzene rings is 2. The normalized spacial score (nSPS) is 14.1. The van der Waals surface area contributed by atoms with Gasteiger partial charge in [0, 0.05) is 30.2 Å². The van der Waals surface area contributed by atoms with Gasteiger partial charge in [0.15, 0.2) is 0 Å². The summed E-state index contributed by atoms with van der Waals surface area (Å²) < 4.78 is 18.8. The average Bonchev–Trinajstić information content (AvgIpc) is 2.54. The minimum absolute atomic E-state index is 0.643. The van der Waals surface area contributed by atoms with Gasteiger partial charge in [-0.25, -0.2) is 0 Å². The van der Waals surface area contributed by atoms with E-state index in [0.717, 1.165) is 10.8 Å². The predicted octanol–water partition coefficient (Wildman–Crippen LogP) is 3.11. The van der Waals surface area contributed by atoms with Crippen LogP contribution in [-0.2, 0) is 9.09 Å². The van der Waals surface area contributed by atoms with Gasteiger partial charge in [0.05, 0.1) is 5.30 Å². The number of pyridine rings is 1. The highest BCUT2D eigenvalue weighted by atomic mass is 31.2. The van der Waals surface area contributed by atoms with Crippen molar-refractivity contribution in [3.05, 3.63) is 67.0 Å². The lowest BCUT2D eigenvalue weighted by atomic mass is 10.2. The third-order valence-electron chi connectivity index (χ3n) is 3.32. The van der Waals surface area contributed by atoms with Gasteiger partial charge in [-0.2, -0.15) is 0 Å². The molecule has 2 aromatic carbocycles. The lowest BCUT2D eigenvalue weighted by molar-refractivity contribution is 0.412. The third-order valence-corrected chi connectivity index (χ3v) is 5.80. The summed E-state index contributed by atoms with van der Waals surface area (Å²) in [5.74, 6) is 0. The predicted molar refractivity (Wildman–Crippen MR) is 82.1 cm³/mol. The fourth-order valence-electron chi connectivity index (χ4n) is 2.30. The van der Waals surface area contributed by atoms with Crippen molar-refractivity contribution in [1.82, 2.24) is 4.98 Å². The van der Waals surface area contributed by atoms with E-state index in [1.165, 1.54) is 7.11 Å². The lowest BCUT2D eigenvalue weighted by Gasteiger charge is -2.18. The highest BCUT2D eigenvalue weighted by Gasteiger charge is 2.29. The Morgan fingerprint density at radius 2 is 1.65 bits per heavy atom. The molecule has 100 valence electrons. The molecule has 1 unspecified atom stereocenters. The van der Waals surface area contributed by atoms with Crippen molar-refractivity contribution in [2.24, 2.45) is 0 Å². The zero-order chi connectivity index (χ0) is 14.0. The summed E-state index contributed by atoms with van der Waals surface area (Å²) in [4.78, 5) is 4.20. The summed E-state index contributed by atoms with van der Waals surface area (Å²) in [7, 11) is -1.63. The van der Waals surface area contributed by atoms with Crippen molar-refractivity contribution in [3.63, 3.8) is 0 Å². The van der Waals surface area contributed by atoms with Crippen LogP contribution in [0.15, 0.2) is 67.0 Å². The molecule has 0 saturated heterocycles. The van der Waals surface area contributed by atoms with Gasteiger partial charge in [-0.3, -0.25) is 9.55 Å². The van der Waals surface area contributed by atoms with Gasteiger partial charge in [-0.05, 0) is 17.5 Å². The van der Waals surface area contributed by atoms with Crippen molar-refractivity contribution < 1.29 is 9.09 Å². The van der Waals surface area contributed by atoms with Gasteiger partial charge in [-0.15, -0.1) is 0 Å². The number of hydrogen-bond donors (Lipinski definition) is 0. The standard InChI is InChI=1S/C16H14NO2P/c1-19-20(18,14-8-3-2-4-9-14)16-12-17-11-13-7-5-6-10-15(13)16/h2-12H,1H3. The molecule has 1 aromatic heterocycles. The Kier molecular flexibility index (Phi) is 3.39. The van der Waals surface area contributed by atoms with E-state index in [2.05, 4.69) is 4.98 Å². The molecule has 1 atom stereocenters. The topological polar surface area (TPSA) is 39.2 Å². The Morgan fingerprint density at radius 3 is 2.40 bits per heavy atom.